The number of aryl methyl sites for hydroxylation is 1. The number of H-pyrrole nitrogens is 1. The molecule has 9 heteroatoms. The number of hydrogen-bond donors (Lipinski definition) is 2. The molecule has 2 aliphatic rings. The van der Waals surface area contributed by atoms with Crippen LogP contribution < -0.4 is 10.1 Å². The Morgan fingerprint density at radius 3 is 2.79 bits per heavy atom. The van der Waals surface area contributed by atoms with Crippen LogP contribution >= 0.6 is 0 Å². The molecule has 9 nitrogen and oxygen atoms in total. The standard InChI is InChI=1S/C33H32N6O3/c1-3-33(25-16-21(2)30-24(17-25)19-34-37-30)18-26(38-20-23-9-5-7-11-28(23)36-31(38)40)14-15-39(33)32(41)42-29-13-12-22-8-4-6-10-27(22)35-29/h4-13,16-17,19,26H,3,14-15,18,20H2,1-2H3,(H,34,37)(H,36,40). The minimum Gasteiger partial charge on any atom is -0.391 e. The first-order valence-corrected chi connectivity index (χ1v) is 14.4. The van der Waals surface area contributed by atoms with Gasteiger partial charge in [-0.25, -0.2) is 14.6 Å². The van der Waals surface area contributed by atoms with E-state index in [-0.39, 0.29) is 18.0 Å². The van der Waals surface area contributed by atoms with Gasteiger partial charge in [0.15, 0.2) is 0 Å². The van der Waals surface area contributed by atoms with E-state index in [2.05, 4.69) is 39.6 Å². The van der Waals surface area contributed by atoms with Crippen LogP contribution in [0.5, 0.6) is 5.88 Å². The van der Waals surface area contributed by atoms with Crippen LogP contribution in [0.1, 0.15) is 42.9 Å². The third-order valence-corrected chi connectivity index (χ3v) is 8.93. The van der Waals surface area contributed by atoms with Crippen LogP contribution in [0.15, 0.2) is 79.0 Å². The first kappa shape index (κ1) is 26.0. The number of nitrogens with zero attached hydrogens (tertiary/aromatic N) is 4. The fourth-order valence-electron chi connectivity index (χ4n) is 6.71. The zero-order valence-corrected chi connectivity index (χ0v) is 23.6. The van der Waals surface area contributed by atoms with E-state index < -0.39 is 11.6 Å². The van der Waals surface area contributed by atoms with Crippen LogP contribution in [0, 0.1) is 6.92 Å². The molecule has 2 atom stereocenters. The molecule has 0 radical (unpaired) electrons. The first-order valence-electron chi connectivity index (χ1n) is 14.4. The second-order valence-corrected chi connectivity index (χ2v) is 11.2. The Bertz CT molecular complexity index is 1830. The highest BCUT2D eigenvalue weighted by Crippen LogP contribution is 2.44. The zero-order valence-electron chi connectivity index (χ0n) is 23.6. The van der Waals surface area contributed by atoms with Crippen LogP contribution in [0.3, 0.4) is 0 Å². The Morgan fingerprint density at radius 1 is 1.07 bits per heavy atom. The maximum Gasteiger partial charge on any atom is 0.417 e. The van der Waals surface area contributed by atoms with Gasteiger partial charge >= 0.3 is 12.1 Å². The number of piperidine rings is 1. The monoisotopic (exact) mass is 560 g/mol. The normalized spacial score (nSPS) is 20.4. The lowest BCUT2D eigenvalue weighted by atomic mass is 9.75. The first-order chi connectivity index (χ1) is 20.4. The van der Waals surface area contributed by atoms with Crippen LogP contribution in [0.25, 0.3) is 21.8 Å². The van der Waals surface area contributed by atoms with Crippen molar-refractivity contribution in [1.29, 1.82) is 0 Å². The van der Waals surface area contributed by atoms with E-state index in [4.69, 9.17) is 4.74 Å². The third-order valence-electron chi connectivity index (χ3n) is 8.93. The van der Waals surface area contributed by atoms with E-state index in [1.807, 2.05) is 77.5 Å². The van der Waals surface area contributed by atoms with Crippen molar-refractivity contribution in [3.05, 3.63) is 95.7 Å². The Hall–Kier alpha value is -4.92. The number of hydrogen-bond acceptors (Lipinski definition) is 5. The van der Waals surface area contributed by atoms with Crippen molar-refractivity contribution in [3.63, 3.8) is 0 Å². The molecule has 0 saturated carbocycles. The van der Waals surface area contributed by atoms with Crippen molar-refractivity contribution < 1.29 is 14.3 Å². The highest BCUT2D eigenvalue weighted by Gasteiger charge is 2.48. The smallest absolute Gasteiger partial charge is 0.391 e. The van der Waals surface area contributed by atoms with E-state index in [0.29, 0.717) is 32.4 Å². The molecule has 2 aromatic heterocycles. The number of likely N-dealkylation sites (tertiary alicyclic amines) is 1. The van der Waals surface area contributed by atoms with E-state index in [1.54, 1.807) is 6.07 Å². The summed E-state index contributed by atoms with van der Waals surface area (Å²) in [6.45, 7) is 5.10. The van der Waals surface area contributed by atoms with Crippen LogP contribution in [-0.4, -0.2) is 49.7 Å². The van der Waals surface area contributed by atoms with Gasteiger partial charge in [-0.3, -0.25) is 10.00 Å². The van der Waals surface area contributed by atoms with Crippen molar-refractivity contribution in [1.82, 2.24) is 25.0 Å². The molecule has 212 valence electrons. The Labute approximate surface area is 243 Å². The highest BCUT2D eigenvalue weighted by atomic mass is 16.6. The SMILES string of the molecule is CCC1(c2cc(C)c3[nH]ncc3c2)CC(N2Cc3ccccc3NC2=O)CCN1C(=O)Oc1ccc2ccccc2n1. The Balaban J connectivity index is 1.26. The number of ether oxygens (including phenoxy) is 1. The molecule has 4 heterocycles. The predicted molar refractivity (Wildman–Crippen MR) is 161 cm³/mol. The number of fused-ring (bicyclic) bond motifs is 3. The van der Waals surface area contributed by atoms with Crippen molar-refractivity contribution >= 4 is 39.6 Å². The topological polar surface area (TPSA) is 103 Å². The third kappa shape index (κ3) is 4.32. The highest BCUT2D eigenvalue weighted by molar-refractivity contribution is 5.92. The van der Waals surface area contributed by atoms with Gasteiger partial charge in [-0.2, -0.15) is 5.10 Å². The quantitative estimate of drug-likeness (QED) is 0.254. The lowest BCUT2D eigenvalue weighted by Crippen LogP contribution is -2.60. The number of carbonyl (C=O) groups is 2. The lowest BCUT2D eigenvalue weighted by molar-refractivity contribution is 0.0108. The van der Waals surface area contributed by atoms with E-state index in [1.165, 1.54) is 0 Å². The van der Waals surface area contributed by atoms with Crippen molar-refractivity contribution in [3.8, 4) is 5.88 Å². The van der Waals surface area contributed by atoms with Gasteiger partial charge in [-0.05, 0) is 67.1 Å². The lowest BCUT2D eigenvalue weighted by Gasteiger charge is -2.51. The number of rotatable bonds is 4. The van der Waals surface area contributed by atoms with Crippen LogP contribution in [0.4, 0.5) is 15.3 Å². The summed E-state index contributed by atoms with van der Waals surface area (Å²) in [6.07, 6.45) is 3.20. The molecular weight excluding hydrogens is 528 g/mol. The molecule has 42 heavy (non-hydrogen) atoms. The molecule has 0 spiro atoms. The minimum atomic E-state index is -0.718. The number of aromatic nitrogens is 3. The Morgan fingerprint density at radius 2 is 1.90 bits per heavy atom. The number of nitrogens with one attached hydrogen (secondary N) is 2. The van der Waals surface area contributed by atoms with Crippen LogP contribution in [0.2, 0.25) is 0 Å². The number of carbonyl (C=O) groups excluding carboxylic acids is 2. The van der Waals surface area contributed by atoms with E-state index in [0.717, 1.165) is 44.2 Å². The second-order valence-electron chi connectivity index (χ2n) is 11.2. The summed E-state index contributed by atoms with van der Waals surface area (Å²) >= 11 is 0. The Kier molecular flexibility index (Phi) is 6.30. The van der Waals surface area contributed by atoms with Gasteiger partial charge in [0.2, 0.25) is 5.88 Å². The fraction of sp³-hybridized carbons (Fsp3) is 0.273. The number of benzene rings is 3. The van der Waals surface area contributed by atoms with Crippen LogP contribution in [-0.2, 0) is 12.1 Å². The second kappa shape index (κ2) is 10.2. The number of para-hydroxylation sites is 2. The van der Waals surface area contributed by atoms with Crippen molar-refractivity contribution in [2.75, 3.05) is 11.9 Å². The van der Waals surface area contributed by atoms with Gasteiger partial charge in [0.05, 0.1) is 22.8 Å². The summed E-state index contributed by atoms with van der Waals surface area (Å²) in [7, 11) is 0. The summed E-state index contributed by atoms with van der Waals surface area (Å²) in [4.78, 5) is 35.7. The molecule has 1 fully saturated rings. The van der Waals surface area contributed by atoms with Gasteiger partial charge in [-0.15, -0.1) is 0 Å². The van der Waals surface area contributed by atoms with E-state index >= 15 is 0 Å². The van der Waals surface area contributed by atoms with E-state index in [9.17, 15) is 9.59 Å². The van der Waals surface area contributed by atoms with Gasteiger partial charge in [0.25, 0.3) is 0 Å². The molecular formula is C33H32N6O3. The zero-order chi connectivity index (χ0) is 28.8. The fourth-order valence-corrected chi connectivity index (χ4v) is 6.71. The molecule has 3 amide bonds. The average Bonchev–Trinajstić information content (AvgIpc) is 3.50. The summed E-state index contributed by atoms with van der Waals surface area (Å²) in [5, 5.41) is 12.4. The molecule has 7 rings (SSSR count). The summed E-state index contributed by atoms with van der Waals surface area (Å²) in [5.74, 6) is 0.263. The molecule has 2 N–H and O–H groups in total. The molecule has 2 aliphatic heterocycles. The maximum absolute atomic E-state index is 14.0. The molecule has 0 bridgehead atoms. The molecule has 1 saturated heterocycles. The number of urea groups is 1. The molecule has 0 aliphatic carbocycles. The largest absolute Gasteiger partial charge is 0.417 e. The molecule has 2 unspecified atom stereocenters. The summed E-state index contributed by atoms with van der Waals surface area (Å²) in [5.41, 5.74) is 5.00. The predicted octanol–water partition coefficient (Wildman–Crippen LogP) is 6.74. The minimum absolute atomic E-state index is 0.0819. The summed E-state index contributed by atoms with van der Waals surface area (Å²) in [6, 6.07) is 23.3. The number of pyridine rings is 1. The summed E-state index contributed by atoms with van der Waals surface area (Å²) < 4.78 is 5.96. The van der Waals surface area contributed by atoms with Gasteiger partial charge in [0, 0.05) is 41.7 Å². The number of amides is 3. The molecule has 3 aromatic carbocycles. The maximum atomic E-state index is 14.0. The number of anilines is 1. The number of aromatic amines is 1. The van der Waals surface area contributed by atoms with Gasteiger partial charge in [0.1, 0.15) is 0 Å². The average molecular weight is 561 g/mol. The van der Waals surface area contributed by atoms with Gasteiger partial charge < -0.3 is 15.0 Å². The molecule has 5 aromatic rings. The van der Waals surface area contributed by atoms with Crippen molar-refractivity contribution in [2.24, 2.45) is 0 Å². The van der Waals surface area contributed by atoms with Crippen molar-refractivity contribution in [2.45, 2.75) is 51.2 Å². The van der Waals surface area contributed by atoms with Gasteiger partial charge in [-0.1, -0.05) is 49.4 Å².